The lowest BCUT2D eigenvalue weighted by atomic mass is 10.00. The van der Waals surface area contributed by atoms with E-state index in [1.165, 1.54) is 30.8 Å². The zero-order valence-electron chi connectivity index (χ0n) is 9.51. The van der Waals surface area contributed by atoms with Gasteiger partial charge in [-0.15, -0.1) is 11.3 Å². The Labute approximate surface area is 101 Å². The van der Waals surface area contributed by atoms with Gasteiger partial charge in [-0.25, -0.2) is 0 Å². The molecular weight excluding hydrogens is 218 g/mol. The molecular formula is C13H19NOS. The van der Waals surface area contributed by atoms with Gasteiger partial charge >= 0.3 is 0 Å². The predicted octanol–water partition coefficient (Wildman–Crippen LogP) is 1.99. The van der Waals surface area contributed by atoms with Crippen molar-refractivity contribution in [1.29, 1.82) is 0 Å². The molecule has 1 saturated heterocycles. The van der Waals surface area contributed by atoms with Gasteiger partial charge < -0.3 is 10.0 Å². The number of hydrogen-bond donors (Lipinski definition) is 1. The SMILES string of the molecule is OC1CCC2CN(CCc3cccs3)CC12. The van der Waals surface area contributed by atoms with Crippen LogP contribution in [0.15, 0.2) is 17.5 Å². The van der Waals surface area contributed by atoms with Crippen molar-refractivity contribution in [3.05, 3.63) is 22.4 Å². The average molecular weight is 237 g/mol. The van der Waals surface area contributed by atoms with Gasteiger partial charge in [-0.2, -0.15) is 0 Å². The van der Waals surface area contributed by atoms with Crippen molar-refractivity contribution in [3.63, 3.8) is 0 Å². The Morgan fingerprint density at radius 1 is 1.38 bits per heavy atom. The summed E-state index contributed by atoms with van der Waals surface area (Å²) in [5, 5.41) is 12.0. The normalized spacial score (nSPS) is 34.4. The third-order valence-electron chi connectivity index (χ3n) is 4.15. The molecule has 3 unspecified atom stereocenters. The van der Waals surface area contributed by atoms with Crippen LogP contribution in [0.3, 0.4) is 0 Å². The van der Waals surface area contributed by atoms with E-state index in [4.69, 9.17) is 0 Å². The zero-order valence-corrected chi connectivity index (χ0v) is 10.3. The van der Waals surface area contributed by atoms with Gasteiger partial charge in [0.2, 0.25) is 0 Å². The van der Waals surface area contributed by atoms with Gasteiger partial charge in [0.25, 0.3) is 0 Å². The fourth-order valence-electron chi connectivity index (χ4n) is 3.23. The number of fused-ring (bicyclic) bond motifs is 1. The summed E-state index contributed by atoms with van der Waals surface area (Å²) >= 11 is 1.85. The Hall–Kier alpha value is -0.380. The molecule has 2 aliphatic rings. The summed E-state index contributed by atoms with van der Waals surface area (Å²) in [6.07, 6.45) is 3.43. The minimum Gasteiger partial charge on any atom is -0.393 e. The first kappa shape index (κ1) is 10.8. The topological polar surface area (TPSA) is 23.5 Å². The number of thiophene rings is 1. The van der Waals surface area contributed by atoms with Crippen molar-refractivity contribution in [2.45, 2.75) is 25.4 Å². The third-order valence-corrected chi connectivity index (χ3v) is 5.09. The zero-order chi connectivity index (χ0) is 11.0. The summed E-state index contributed by atoms with van der Waals surface area (Å²) in [5.41, 5.74) is 0. The highest BCUT2D eigenvalue weighted by Crippen LogP contribution is 2.37. The first-order valence-corrected chi connectivity index (χ1v) is 7.13. The van der Waals surface area contributed by atoms with Crippen molar-refractivity contribution in [1.82, 2.24) is 4.90 Å². The van der Waals surface area contributed by atoms with Crippen LogP contribution in [0.5, 0.6) is 0 Å². The molecule has 88 valence electrons. The van der Waals surface area contributed by atoms with Crippen LogP contribution in [-0.2, 0) is 6.42 Å². The lowest BCUT2D eigenvalue weighted by Crippen LogP contribution is -2.26. The molecule has 1 aliphatic carbocycles. The minimum absolute atomic E-state index is 0.0169. The highest BCUT2D eigenvalue weighted by atomic mass is 32.1. The molecule has 1 N–H and O–H groups in total. The maximum Gasteiger partial charge on any atom is 0.0583 e. The first-order valence-electron chi connectivity index (χ1n) is 6.26. The lowest BCUT2D eigenvalue weighted by Gasteiger charge is -2.17. The fraction of sp³-hybridized carbons (Fsp3) is 0.692. The van der Waals surface area contributed by atoms with Gasteiger partial charge in [-0.1, -0.05) is 6.07 Å². The van der Waals surface area contributed by atoms with Crippen molar-refractivity contribution in [2.24, 2.45) is 11.8 Å². The third kappa shape index (κ3) is 2.04. The minimum atomic E-state index is -0.0169. The Morgan fingerprint density at radius 2 is 2.31 bits per heavy atom. The predicted molar refractivity (Wildman–Crippen MR) is 66.7 cm³/mol. The molecule has 1 aromatic heterocycles. The smallest absolute Gasteiger partial charge is 0.0583 e. The molecule has 3 heteroatoms. The van der Waals surface area contributed by atoms with Gasteiger partial charge in [0.05, 0.1) is 6.10 Å². The molecule has 1 saturated carbocycles. The molecule has 0 radical (unpaired) electrons. The van der Waals surface area contributed by atoms with Crippen LogP contribution in [0, 0.1) is 11.8 Å². The molecule has 1 aliphatic heterocycles. The first-order chi connectivity index (χ1) is 7.83. The Kier molecular flexibility index (Phi) is 3.01. The number of nitrogens with zero attached hydrogens (tertiary/aromatic N) is 1. The number of rotatable bonds is 3. The van der Waals surface area contributed by atoms with Crippen molar-refractivity contribution in [2.75, 3.05) is 19.6 Å². The molecule has 3 atom stereocenters. The van der Waals surface area contributed by atoms with Crippen LogP contribution in [0.25, 0.3) is 0 Å². The second-order valence-electron chi connectivity index (χ2n) is 5.16. The summed E-state index contributed by atoms with van der Waals surface area (Å²) < 4.78 is 0. The number of aliphatic hydroxyl groups is 1. The molecule has 2 nitrogen and oxygen atoms in total. The molecule has 2 heterocycles. The Balaban J connectivity index is 1.51. The van der Waals surface area contributed by atoms with Crippen LogP contribution in [-0.4, -0.2) is 35.7 Å². The Morgan fingerprint density at radius 3 is 3.06 bits per heavy atom. The number of likely N-dealkylation sites (tertiary alicyclic amines) is 1. The molecule has 1 aromatic rings. The average Bonchev–Trinajstić information content (AvgIpc) is 2.95. The van der Waals surface area contributed by atoms with E-state index in [9.17, 15) is 5.11 Å². The molecule has 0 bridgehead atoms. The quantitative estimate of drug-likeness (QED) is 0.869. The summed E-state index contributed by atoms with van der Waals surface area (Å²) in [5.74, 6) is 1.35. The van der Waals surface area contributed by atoms with E-state index in [0.29, 0.717) is 5.92 Å². The second kappa shape index (κ2) is 4.47. The van der Waals surface area contributed by atoms with Gasteiger partial charge in [-0.3, -0.25) is 0 Å². The van der Waals surface area contributed by atoms with Crippen molar-refractivity contribution < 1.29 is 5.11 Å². The monoisotopic (exact) mass is 237 g/mol. The van der Waals surface area contributed by atoms with Gasteiger partial charge in [0.15, 0.2) is 0 Å². The summed E-state index contributed by atoms with van der Waals surface area (Å²) in [7, 11) is 0. The largest absolute Gasteiger partial charge is 0.393 e. The van der Waals surface area contributed by atoms with E-state index in [0.717, 1.165) is 18.9 Å². The molecule has 3 rings (SSSR count). The van der Waals surface area contributed by atoms with Crippen molar-refractivity contribution >= 4 is 11.3 Å². The van der Waals surface area contributed by atoms with Gasteiger partial charge in [-0.05, 0) is 36.6 Å². The van der Waals surface area contributed by atoms with Crippen LogP contribution in [0.1, 0.15) is 17.7 Å². The molecule has 0 spiro atoms. The maximum absolute atomic E-state index is 9.84. The van der Waals surface area contributed by atoms with E-state index in [1.807, 2.05) is 11.3 Å². The highest BCUT2D eigenvalue weighted by Gasteiger charge is 2.41. The molecule has 2 fully saturated rings. The standard InChI is InChI=1S/C13H19NOS/c15-13-4-3-10-8-14(9-12(10)13)6-5-11-2-1-7-16-11/h1-2,7,10,12-13,15H,3-6,8-9H2. The highest BCUT2D eigenvalue weighted by molar-refractivity contribution is 7.09. The molecule has 16 heavy (non-hydrogen) atoms. The lowest BCUT2D eigenvalue weighted by molar-refractivity contribution is 0.124. The van der Waals surface area contributed by atoms with Crippen molar-refractivity contribution in [3.8, 4) is 0 Å². The van der Waals surface area contributed by atoms with Crippen LogP contribution in [0.2, 0.25) is 0 Å². The Bertz CT molecular complexity index is 338. The van der Waals surface area contributed by atoms with E-state index in [1.54, 1.807) is 0 Å². The molecule has 0 amide bonds. The number of hydrogen-bond acceptors (Lipinski definition) is 3. The van der Waals surface area contributed by atoms with Crippen LogP contribution < -0.4 is 0 Å². The van der Waals surface area contributed by atoms with E-state index >= 15 is 0 Å². The van der Waals surface area contributed by atoms with E-state index in [-0.39, 0.29) is 6.10 Å². The van der Waals surface area contributed by atoms with Gasteiger partial charge in [0.1, 0.15) is 0 Å². The van der Waals surface area contributed by atoms with E-state index in [2.05, 4.69) is 22.4 Å². The molecule has 0 aromatic carbocycles. The summed E-state index contributed by atoms with van der Waals surface area (Å²) in [6.45, 7) is 3.50. The van der Waals surface area contributed by atoms with Crippen LogP contribution in [0.4, 0.5) is 0 Å². The fourth-order valence-corrected chi connectivity index (χ4v) is 3.93. The second-order valence-corrected chi connectivity index (χ2v) is 6.19. The summed E-state index contributed by atoms with van der Waals surface area (Å²) in [6, 6.07) is 4.35. The maximum atomic E-state index is 9.84. The van der Waals surface area contributed by atoms with Gasteiger partial charge in [0, 0.05) is 30.4 Å². The summed E-state index contributed by atoms with van der Waals surface area (Å²) in [4.78, 5) is 4.02. The van der Waals surface area contributed by atoms with Crippen LogP contribution >= 0.6 is 11.3 Å². The van der Waals surface area contributed by atoms with E-state index < -0.39 is 0 Å². The number of aliphatic hydroxyl groups excluding tert-OH is 1.